The predicted octanol–water partition coefficient (Wildman–Crippen LogP) is 0.726. The molecule has 0 unspecified atom stereocenters. The zero-order valence-corrected chi connectivity index (χ0v) is 10.5. The number of amides is 1. The predicted molar refractivity (Wildman–Crippen MR) is 63.1 cm³/mol. The second-order valence-corrected chi connectivity index (χ2v) is 4.37. The summed E-state index contributed by atoms with van der Waals surface area (Å²) in [6.07, 6.45) is -3.88. The molecule has 0 saturated carbocycles. The maximum absolute atomic E-state index is 12.6. The first kappa shape index (κ1) is 14.6. The summed E-state index contributed by atoms with van der Waals surface area (Å²) >= 11 is 0. The van der Waals surface area contributed by atoms with Gasteiger partial charge in [0.25, 0.3) is 5.56 Å². The van der Waals surface area contributed by atoms with Crippen LogP contribution in [0.5, 0.6) is 0 Å². The van der Waals surface area contributed by atoms with E-state index in [0.717, 1.165) is 10.6 Å². The summed E-state index contributed by atoms with van der Waals surface area (Å²) in [5.74, 6) is -0.394. The van der Waals surface area contributed by atoms with Gasteiger partial charge in [-0.2, -0.15) is 13.2 Å². The average molecular weight is 290 g/mol. The van der Waals surface area contributed by atoms with Crippen LogP contribution in [0.3, 0.4) is 0 Å². The van der Waals surface area contributed by atoms with E-state index >= 15 is 0 Å². The van der Waals surface area contributed by atoms with Crippen LogP contribution in [0.15, 0.2) is 23.1 Å². The molecule has 0 N–H and O–H groups in total. The van der Waals surface area contributed by atoms with Gasteiger partial charge in [-0.1, -0.05) is 0 Å². The molecule has 1 aromatic rings. The van der Waals surface area contributed by atoms with Crippen LogP contribution < -0.4 is 5.56 Å². The minimum atomic E-state index is -4.54. The van der Waals surface area contributed by atoms with Gasteiger partial charge in [-0.15, -0.1) is 0 Å². The molecule has 1 fully saturated rings. The molecule has 8 heteroatoms. The molecule has 0 aliphatic carbocycles. The van der Waals surface area contributed by atoms with E-state index in [1.54, 1.807) is 0 Å². The summed E-state index contributed by atoms with van der Waals surface area (Å²) in [6.45, 7) is 1.15. The van der Waals surface area contributed by atoms with Gasteiger partial charge in [-0.3, -0.25) is 9.59 Å². The fourth-order valence-electron chi connectivity index (χ4n) is 1.88. The molecule has 1 aromatic heterocycles. The van der Waals surface area contributed by atoms with Crippen molar-refractivity contribution in [2.24, 2.45) is 0 Å². The van der Waals surface area contributed by atoms with Crippen molar-refractivity contribution < 1.29 is 22.7 Å². The van der Waals surface area contributed by atoms with Crippen LogP contribution in [0.4, 0.5) is 13.2 Å². The van der Waals surface area contributed by atoms with Crippen molar-refractivity contribution in [3.63, 3.8) is 0 Å². The highest BCUT2D eigenvalue weighted by molar-refractivity contribution is 5.76. The second kappa shape index (κ2) is 5.66. The van der Waals surface area contributed by atoms with Gasteiger partial charge < -0.3 is 14.2 Å². The van der Waals surface area contributed by atoms with Crippen LogP contribution in [0.1, 0.15) is 5.56 Å². The first-order chi connectivity index (χ1) is 9.38. The summed E-state index contributed by atoms with van der Waals surface area (Å²) < 4.78 is 43.5. The lowest BCUT2D eigenvalue weighted by Crippen LogP contribution is -2.43. The van der Waals surface area contributed by atoms with Crippen LogP contribution in [0.25, 0.3) is 0 Å². The molecule has 0 bridgehead atoms. The number of hydrogen-bond donors (Lipinski definition) is 0. The second-order valence-electron chi connectivity index (χ2n) is 4.37. The van der Waals surface area contributed by atoms with Crippen molar-refractivity contribution >= 4 is 5.91 Å². The molecule has 2 rings (SSSR count). The summed E-state index contributed by atoms with van der Waals surface area (Å²) in [4.78, 5) is 24.9. The van der Waals surface area contributed by atoms with Gasteiger partial charge in [0.2, 0.25) is 5.91 Å². The van der Waals surface area contributed by atoms with Crippen LogP contribution in [-0.2, 0) is 22.3 Å². The Morgan fingerprint density at radius 2 is 1.90 bits per heavy atom. The van der Waals surface area contributed by atoms with Gasteiger partial charge in [-0.05, 0) is 6.07 Å². The van der Waals surface area contributed by atoms with Crippen molar-refractivity contribution in [1.82, 2.24) is 9.47 Å². The van der Waals surface area contributed by atoms with Gasteiger partial charge >= 0.3 is 6.18 Å². The highest BCUT2D eigenvalue weighted by Gasteiger charge is 2.31. The Balaban J connectivity index is 2.16. The third-order valence-electron chi connectivity index (χ3n) is 2.98. The third-order valence-corrected chi connectivity index (χ3v) is 2.98. The number of pyridine rings is 1. The van der Waals surface area contributed by atoms with Gasteiger partial charge in [0, 0.05) is 25.4 Å². The molecule has 5 nitrogen and oxygen atoms in total. The molecule has 0 aromatic carbocycles. The lowest BCUT2D eigenvalue weighted by Gasteiger charge is -2.27. The summed E-state index contributed by atoms with van der Waals surface area (Å²) in [6, 6.07) is 1.52. The van der Waals surface area contributed by atoms with Gasteiger partial charge in [0.05, 0.1) is 18.8 Å². The standard InChI is InChI=1S/C12H13F3N2O3/c13-12(14,15)9-1-2-10(18)17(7-9)8-11(19)16-3-5-20-6-4-16/h1-2,7H,3-6,8H2. The van der Waals surface area contributed by atoms with Crippen molar-refractivity contribution in [2.75, 3.05) is 26.3 Å². The van der Waals surface area contributed by atoms with Crippen LogP contribution in [0, 0.1) is 0 Å². The molecule has 2 heterocycles. The van der Waals surface area contributed by atoms with E-state index in [1.165, 1.54) is 4.90 Å². The minimum Gasteiger partial charge on any atom is -0.378 e. The molecular formula is C12H13F3N2O3. The number of carbonyl (C=O) groups excluding carboxylic acids is 1. The first-order valence-electron chi connectivity index (χ1n) is 6.01. The lowest BCUT2D eigenvalue weighted by molar-refractivity contribution is -0.139. The molecule has 20 heavy (non-hydrogen) atoms. The number of alkyl halides is 3. The highest BCUT2D eigenvalue weighted by atomic mass is 19.4. The molecule has 1 aliphatic rings. The Kier molecular flexibility index (Phi) is 4.12. The Bertz CT molecular complexity index is 548. The van der Waals surface area contributed by atoms with E-state index in [-0.39, 0.29) is 0 Å². The number of aromatic nitrogens is 1. The van der Waals surface area contributed by atoms with E-state index in [4.69, 9.17) is 4.74 Å². The molecule has 0 radical (unpaired) electrons. The van der Waals surface area contributed by atoms with Crippen molar-refractivity contribution in [3.8, 4) is 0 Å². The Hall–Kier alpha value is -1.83. The van der Waals surface area contributed by atoms with Gasteiger partial charge in [-0.25, -0.2) is 0 Å². The van der Waals surface area contributed by atoms with Crippen LogP contribution >= 0.6 is 0 Å². The molecule has 1 aliphatic heterocycles. The number of carbonyl (C=O) groups is 1. The summed E-state index contributed by atoms with van der Waals surface area (Å²) in [5, 5.41) is 0. The molecule has 110 valence electrons. The zero-order chi connectivity index (χ0) is 14.8. The monoisotopic (exact) mass is 290 g/mol. The van der Waals surface area contributed by atoms with Crippen molar-refractivity contribution in [2.45, 2.75) is 12.7 Å². The normalized spacial score (nSPS) is 16.2. The fourth-order valence-corrected chi connectivity index (χ4v) is 1.88. The maximum Gasteiger partial charge on any atom is 0.417 e. The number of ether oxygens (including phenoxy) is 1. The number of morpholine rings is 1. The SMILES string of the molecule is O=C(Cn1cc(C(F)(F)F)ccc1=O)N1CCOCC1. The summed E-state index contributed by atoms with van der Waals surface area (Å²) in [5.41, 5.74) is -1.59. The molecule has 0 spiro atoms. The van der Waals surface area contributed by atoms with Gasteiger partial charge in [0.1, 0.15) is 6.54 Å². The molecule has 0 atom stereocenters. The van der Waals surface area contributed by atoms with E-state index in [9.17, 15) is 22.8 Å². The molecular weight excluding hydrogens is 277 g/mol. The number of rotatable bonds is 2. The zero-order valence-electron chi connectivity index (χ0n) is 10.5. The van der Waals surface area contributed by atoms with E-state index in [2.05, 4.69) is 0 Å². The topological polar surface area (TPSA) is 51.5 Å². The Labute approximate surface area is 112 Å². The van der Waals surface area contributed by atoms with E-state index < -0.39 is 29.8 Å². The fraction of sp³-hybridized carbons (Fsp3) is 0.500. The highest BCUT2D eigenvalue weighted by Crippen LogP contribution is 2.27. The maximum atomic E-state index is 12.6. The van der Waals surface area contributed by atoms with Crippen molar-refractivity contribution in [3.05, 3.63) is 34.2 Å². The molecule has 1 saturated heterocycles. The number of hydrogen-bond acceptors (Lipinski definition) is 3. The average Bonchev–Trinajstić information content (AvgIpc) is 2.41. The minimum absolute atomic E-state index is 0.381. The summed E-state index contributed by atoms with van der Waals surface area (Å²) in [7, 11) is 0. The van der Waals surface area contributed by atoms with E-state index in [1.807, 2.05) is 0 Å². The van der Waals surface area contributed by atoms with Crippen molar-refractivity contribution in [1.29, 1.82) is 0 Å². The smallest absolute Gasteiger partial charge is 0.378 e. The molecule has 1 amide bonds. The quantitative estimate of drug-likeness (QED) is 0.806. The third kappa shape index (κ3) is 3.38. The van der Waals surface area contributed by atoms with Crippen LogP contribution in [0.2, 0.25) is 0 Å². The van der Waals surface area contributed by atoms with Crippen LogP contribution in [-0.4, -0.2) is 41.7 Å². The van der Waals surface area contributed by atoms with Gasteiger partial charge in [0.15, 0.2) is 0 Å². The Morgan fingerprint density at radius 3 is 2.50 bits per heavy atom. The largest absolute Gasteiger partial charge is 0.417 e. The number of nitrogens with zero attached hydrogens (tertiary/aromatic N) is 2. The van der Waals surface area contributed by atoms with E-state index in [0.29, 0.717) is 38.6 Å². The first-order valence-corrected chi connectivity index (χ1v) is 6.01. The Morgan fingerprint density at radius 1 is 1.25 bits per heavy atom. The number of halogens is 3. The lowest BCUT2D eigenvalue weighted by atomic mass is 10.2.